The van der Waals surface area contributed by atoms with Crippen LogP contribution in [0.2, 0.25) is 0 Å². The Kier molecular flexibility index (Phi) is 6.95. The van der Waals surface area contributed by atoms with Crippen molar-refractivity contribution in [3.63, 3.8) is 0 Å². The first kappa shape index (κ1) is 15.7. The fourth-order valence-corrected chi connectivity index (χ4v) is 1.08. The van der Waals surface area contributed by atoms with E-state index in [1.165, 1.54) is 0 Å². The van der Waals surface area contributed by atoms with Gasteiger partial charge in [0.2, 0.25) is 0 Å². The molecular formula is C8H18O8. The Hall–Kier alpha value is -0.320. The van der Waals surface area contributed by atoms with Crippen molar-refractivity contribution in [3.8, 4) is 0 Å². The minimum Gasteiger partial charge on any atom is -0.394 e. The van der Waals surface area contributed by atoms with Crippen molar-refractivity contribution in [3.05, 3.63) is 0 Å². The third-order valence-corrected chi connectivity index (χ3v) is 2.21. The van der Waals surface area contributed by atoms with Crippen molar-refractivity contribution in [2.24, 2.45) is 0 Å². The SMILES string of the molecule is OC[C@@H](O)[C@H](O)[C@H](O)[C@@H](O)[C@@H](O)[C@@H](O)CO. The van der Waals surface area contributed by atoms with E-state index >= 15 is 0 Å². The average molecular weight is 242 g/mol. The molecule has 0 aromatic heterocycles. The van der Waals surface area contributed by atoms with Crippen LogP contribution in [0.5, 0.6) is 0 Å². The smallest absolute Gasteiger partial charge is 0.111 e. The highest BCUT2D eigenvalue weighted by Crippen LogP contribution is 2.10. The van der Waals surface area contributed by atoms with Gasteiger partial charge in [0, 0.05) is 0 Å². The van der Waals surface area contributed by atoms with E-state index in [0.717, 1.165) is 0 Å². The standard InChI is InChI=1S/C8H18O8/c9-1-3(11)5(13)7(15)8(16)6(14)4(12)2-10/h3-16H,1-2H2/t3-,4+,5-,6-,7-,8-/m0/s1. The molecule has 0 fully saturated rings. The van der Waals surface area contributed by atoms with E-state index in [-0.39, 0.29) is 0 Å². The predicted octanol–water partition coefficient (Wildman–Crippen LogP) is -4.86. The molecule has 8 nitrogen and oxygen atoms in total. The van der Waals surface area contributed by atoms with Crippen LogP contribution in [0.3, 0.4) is 0 Å². The van der Waals surface area contributed by atoms with Crippen molar-refractivity contribution in [2.45, 2.75) is 36.6 Å². The minimum absolute atomic E-state index is 0.844. The lowest BCUT2D eigenvalue weighted by atomic mass is 9.97. The summed E-state index contributed by atoms with van der Waals surface area (Å²) in [4.78, 5) is 0. The second kappa shape index (κ2) is 7.09. The Morgan fingerprint density at radius 1 is 0.500 bits per heavy atom. The van der Waals surface area contributed by atoms with Crippen LogP contribution < -0.4 is 0 Å². The molecule has 0 aromatic carbocycles. The Morgan fingerprint density at radius 3 is 0.938 bits per heavy atom. The molecule has 8 N–H and O–H groups in total. The Balaban J connectivity index is 4.41. The summed E-state index contributed by atoms with van der Waals surface area (Å²) in [5.41, 5.74) is 0. The number of hydrogen-bond acceptors (Lipinski definition) is 8. The predicted molar refractivity (Wildman–Crippen MR) is 50.2 cm³/mol. The summed E-state index contributed by atoms with van der Waals surface area (Å²) in [7, 11) is 0. The van der Waals surface area contributed by atoms with E-state index in [0.29, 0.717) is 0 Å². The fraction of sp³-hybridized carbons (Fsp3) is 1.00. The third kappa shape index (κ3) is 3.92. The van der Waals surface area contributed by atoms with Crippen molar-refractivity contribution >= 4 is 0 Å². The van der Waals surface area contributed by atoms with E-state index in [1.54, 1.807) is 0 Å². The fourth-order valence-electron chi connectivity index (χ4n) is 1.08. The van der Waals surface area contributed by atoms with Crippen LogP contribution in [0.1, 0.15) is 0 Å². The zero-order valence-corrected chi connectivity index (χ0v) is 8.46. The zero-order valence-electron chi connectivity index (χ0n) is 8.46. The Bertz CT molecular complexity index is 169. The molecule has 8 heteroatoms. The summed E-state index contributed by atoms with van der Waals surface area (Å²) in [6.07, 6.45) is -11.1. The second-order valence-corrected chi connectivity index (χ2v) is 3.46. The van der Waals surface area contributed by atoms with Gasteiger partial charge in [-0.3, -0.25) is 0 Å². The molecule has 98 valence electrons. The molecule has 0 aliphatic heterocycles. The molecule has 0 amide bonds. The van der Waals surface area contributed by atoms with Gasteiger partial charge >= 0.3 is 0 Å². The van der Waals surface area contributed by atoms with Crippen molar-refractivity contribution < 1.29 is 40.9 Å². The summed E-state index contributed by atoms with van der Waals surface area (Å²) in [5.74, 6) is 0. The lowest BCUT2D eigenvalue weighted by Gasteiger charge is -2.29. The quantitative estimate of drug-likeness (QED) is 0.220. The van der Waals surface area contributed by atoms with Crippen LogP contribution >= 0.6 is 0 Å². The highest BCUT2D eigenvalue weighted by Gasteiger charge is 2.36. The van der Waals surface area contributed by atoms with Crippen LogP contribution in [-0.4, -0.2) is 90.7 Å². The van der Waals surface area contributed by atoms with Crippen LogP contribution in [0.15, 0.2) is 0 Å². The Morgan fingerprint density at radius 2 is 0.750 bits per heavy atom. The van der Waals surface area contributed by atoms with Gasteiger partial charge < -0.3 is 40.9 Å². The van der Waals surface area contributed by atoms with Crippen LogP contribution in [0.4, 0.5) is 0 Å². The number of hydrogen-bond donors (Lipinski definition) is 8. The molecule has 0 aromatic rings. The summed E-state index contributed by atoms with van der Waals surface area (Å²) in [6, 6.07) is 0. The van der Waals surface area contributed by atoms with Crippen molar-refractivity contribution in [1.29, 1.82) is 0 Å². The van der Waals surface area contributed by atoms with Gasteiger partial charge in [0.1, 0.15) is 36.6 Å². The molecule has 0 heterocycles. The monoisotopic (exact) mass is 242 g/mol. The number of rotatable bonds is 7. The largest absolute Gasteiger partial charge is 0.394 e. The van der Waals surface area contributed by atoms with Crippen LogP contribution in [0.25, 0.3) is 0 Å². The van der Waals surface area contributed by atoms with E-state index in [4.69, 9.17) is 20.4 Å². The number of aliphatic hydroxyl groups excluding tert-OH is 8. The van der Waals surface area contributed by atoms with Crippen molar-refractivity contribution in [2.75, 3.05) is 13.2 Å². The van der Waals surface area contributed by atoms with Gasteiger partial charge in [0.15, 0.2) is 0 Å². The second-order valence-electron chi connectivity index (χ2n) is 3.46. The van der Waals surface area contributed by atoms with Gasteiger partial charge in [-0.15, -0.1) is 0 Å². The minimum atomic E-state index is -1.97. The summed E-state index contributed by atoms with van der Waals surface area (Å²) in [5, 5.41) is 71.8. The average Bonchev–Trinajstić information content (AvgIpc) is 2.32. The molecule has 0 saturated carbocycles. The highest BCUT2D eigenvalue weighted by atomic mass is 16.4. The van der Waals surface area contributed by atoms with E-state index in [9.17, 15) is 20.4 Å². The van der Waals surface area contributed by atoms with Gasteiger partial charge in [0.25, 0.3) is 0 Å². The molecule has 0 spiro atoms. The van der Waals surface area contributed by atoms with Gasteiger partial charge in [0.05, 0.1) is 13.2 Å². The molecule has 0 unspecified atom stereocenters. The first-order chi connectivity index (χ1) is 7.36. The van der Waals surface area contributed by atoms with Crippen LogP contribution in [-0.2, 0) is 0 Å². The molecule has 0 bridgehead atoms. The van der Waals surface area contributed by atoms with E-state index < -0.39 is 49.8 Å². The maximum absolute atomic E-state index is 9.28. The molecular weight excluding hydrogens is 224 g/mol. The first-order valence-electron chi connectivity index (χ1n) is 4.66. The van der Waals surface area contributed by atoms with Crippen molar-refractivity contribution in [1.82, 2.24) is 0 Å². The normalized spacial score (nSPS) is 23.2. The molecule has 16 heavy (non-hydrogen) atoms. The maximum Gasteiger partial charge on any atom is 0.111 e. The Labute approximate surface area is 91.6 Å². The molecule has 0 aliphatic rings. The summed E-state index contributed by atoms with van der Waals surface area (Å²) in [6.45, 7) is -1.69. The molecule has 0 radical (unpaired) electrons. The number of aliphatic hydroxyl groups is 8. The van der Waals surface area contributed by atoms with Gasteiger partial charge in [-0.05, 0) is 0 Å². The van der Waals surface area contributed by atoms with E-state index in [2.05, 4.69) is 0 Å². The van der Waals surface area contributed by atoms with Crippen LogP contribution in [0, 0.1) is 0 Å². The molecule has 0 saturated heterocycles. The lowest BCUT2D eigenvalue weighted by Crippen LogP contribution is -2.53. The first-order valence-corrected chi connectivity index (χ1v) is 4.66. The summed E-state index contributed by atoms with van der Waals surface area (Å²) < 4.78 is 0. The van der Waals surface area contributed by atoms with Gasteiger partial charge in [-0.1, -0.05) is 0 Å². The maximum atomic E-state index is 9.28. The lowest BCUT2D eigenvalue weighted by molar-refractivity contribution is -0.161. The molecule has 0 rings (SSSR count). The molecule has 6 atom stereocenters. The third-order valence-electron chi connectivity index (χ3n) is 2.21. The molecule has 0 aliphatic carbocycles. The topological polar surface area (TPSA) is 162 Å². The van der Waals surface area contributed by atoms with E-state index in [1.807, 2.05) is 0 Å². The highest BCUT2D eigenvalue weighted by molar-refractivity contribution is 4.87. The zero-order chi connectivity index (χ0) is 12.9. The van der Waals surface area contributed by atoms with Gasteiger partial charge in [-0.25, -0.2) is 0 Å². The summed E-state index contributed by atoms with van der Waals surface area (Å²) >= 11 is 0. The van der Waals surface area contributed by atoms with Gasteiger partial charge in [-0.2, -0.15) is 0 Å².